The zero-order valence-corrected chi connectivity index (χ0v) is 9.22. The van der Waals surface area contributed by atoms with Crippen LogP contribution in [0.4, 0.5) is 0 Å². The van der Waals surface area contributed by atoms with Gasteiger partial charge in [0, 0.05) is 3.57 Å². The molecule has 0 aliphatic carbocycles. The number of aryl methyl sites for hydroxylation is 1. The first kappa shape index (κ1) is 8.50. The van der Waals surface area contributed by atoms with Gasteiger partial charge in [-0.3, -0.25) is 0 Å². The van der Waals surface area contributed by atoms with Crippen molar-refractivity contribution in [3.8, 4) is 0 Å². The molecule has 0 radical (unpaired) electrons. The second-order valence-electron chi connectivity index (χ2n) is 2.82. The minimum absolute atomic E-state index is 0.280. The van der Waals surface area contributed by atoms with Crippen LogP contribution in [0.25, 0.3) is 0 Å². The fourth-order valence-electron chi connectivity index (χ4n) is 1.38. The molecule has 1 aromatic carbocycles. The number of fused-ring (bicyclic) bond motifs is 1. The van der Waals surface area contributed by atoms with Crippen molar-refractivity contribution in [1.82, 2.24) is 0 Å². The fraction of sp³-hybridized carbons (Fsp3) is 0.250. The summed E-state index contributed by atoms with van der Waals surface area (Å²) in [6.45, 7) is 0. The van der Waals surface area contributed by atoms with Crippen LogP contribution < -0.4 is 0 Å². The summed E-state index contributed by atoms with van der Waals surface area (Å²) in [5.41, 5.74) is 0.968. The van der Waals surface area contributed by atoms with Gasteiger partial charge in [0.05, 0.1) is 10.6 Å². The van der Waals surface area contributed by atoms with Crippen molar-refractivity contribution in [2.45, 2.75) is 11.3 Å². The minimum atomic E-state index is -2.93. The highest BCUT2D eigenvalue weighted by atomic mass is 127. The number of rotatable bonds is 0. The maximum absolute atomic E-state index is 11.4. The monoisotopic (exact) mass is 294 g/mol. The summed E-state index contributed by atoms with van der Waals surface area (Å²) < 4.78 is 23.8. The first-order valence-electron chi connectivity index (χ1n) is 3.61. The number of halogens is 1. The zero-order valence-electron chi connectivity index (χ0n) is 6.25. The Balaban J connectivity index is 2.73. The van der Waals surface area contributed by atoms with Crippen molar-refractivity contribution >= 4 is 32.4 Å². The van der Waals surface area contributed by atoms with Crippen LogP contribution in [0.2, 0.25) is 0 Å². The van der Waals surface area contributed by atoms with Gasteiger partial charge in [-0.2, -0.15) is 0 Å². The Kier molecular flexibility index (Phi) is 1.91. The van der Waals surface area contributed by atoms with Crippen LogP contribution in [0, 0.1) is 3.57 Å². The van der Waals surface area contributed by atoms with Gasteiger partial charge in [0.2, 0.25) is 0 Å². The zero-order chi connectivity index (χ0) is 8.77. The highest BCUT2D eigenvalue weighted by molar-refractivity contribution is 14.1. The Morgan fingerprint density at radius 3 is 2.83 bits per heavy atom. The Labute approximate surface area is 85.0 Å². The van der Waals surface area contributed by atoms with Gasteiger partial charge in [-0.25, -0.2) is 8.42 Å². The van der Waals surface area contributed by atoms with Crippen LogP contribution in [0.5, 0.6) is 0 Å². The molecule has 1 aromatic rings. The molecule has 0 fully saturated rings. The van der Waals surface area contributed by atoms with Gasteiger partial charge in [0.25, 0.3) is 0 Å². The van der Waals surface area contributed by atoms with E-state index >= 15 is 0 Å². The molecule has 0 amide bonds. The second-order valence-corrected chi connectivity index (χ2v) is 6.14. The van der Waals surface area contributed by atoms with Crippen molar-refractivity contribution < 1.29 is 8.42 Å². The summed E-state index contributed by atoms with van der Waals surface area (Å²) in [5.74, 6) is 0.280. The normalized spacial score (nSPS) is 19.1. The number of benzene rings is 1. The molecule has 0 atom stereocenters. The molecule has 1 aliphatic rings. The number of hydrogen-bond donors (Lipinski definition) is 0. The van der Waals surface area contributed by atoms with E-state index in [-0.39, 0.29) is 5.75 Å². The van der Waals surface area contributed by atoms with Crippen molar-refractivity contribution in [2.24, 2.45) is 0 Å². The third-order valence-electron chi connectivity index (χ3n) is 2.00. The van der Waals surface area contributed by atoms with Crippen LogP contribution in [-0.4, -0.2) is 14.2 Å². The molecule has 0 unspecified atom stereocenters. The molecule has 4 heteroatoms. The lowest BCUT2D eigenvalue weighted by molar-refractivity contribution is 0.600. The van der Waals surface area contributed by atoms with Crippen molar-refractivity contribution in [2.75, 3.05) is 5.75 Å². The summed E-state index contributed by atoms with van der Waals surface area (Å²) in [7, 11) is -2.93. The summed E-state index contributed by atoms with van der Waals surface area (Å²) in [5, 5.41) is 0. The van der Waals surface area contributed by atoms with E-state index in [2.05, 4.69) is 22.6 Å². The molecular weight excluding hydrogens is 287 g/mol. The van der Waals surface area contributed by atoms with Crippen LogP contribution >= 0.6 is 22.6 Å². The van der Waals surface area contributed by atoms with Crippen molar-refractivity contribution in [1.29, 1.82) is 0 Å². The first-order chi connectivity index (χ1) is 5.59. The lowest BCUT2D eigenvalue weighted by Gasteiger charge is -1.97. The van der Waals surface area contributed by atoms with E-state index in [0.29, 0.717) is 11.3 Å². The summed E-state index contributed by atoms with van der Waals surface area (Å²) >= 11 is 2.13. The Bertz CT molecular complexity index is 423. The smallest absolute Gasteiger partial charge is 0.179 e. The molecule has 0 spiro atoms. The largest absolute Gasteiger partial charge is 0.224 e. The molecule has 2 nitrogen and oxygen atoms in total. The molecule has 1 heterocycles. The first-order valence-corrected chi connectivity index (χ1v) is 6.34. The predicted octanol–water partition coefficient (Wildman–Crippen LogP) is 1.62. The van der Waals surface area contributed by atoms with Crippen LogP contribution in [0.1, 0.15) is 5.56 Å². The summed E-state index contributed by atoms with van der Waals surface area (Å²) in [4.78, 5) is 0.536. The third kappa shape index (κ3) is 1.26. The second kappa shape index (κ2) is 2.70. The Morgan fingerprint density at radius 1 is 1.33 bits per heavy atom. The van der Waals surface area contributed by atoms with E-state index < -0.39 is 9.84 Å². The maximum atomic E-state index is 11.4. The Morgan fingerprint density at radius 2 is 2.08 bits per heavy atom. The Hall–Kier alpha value is -0.100. The summed E-state index contributed by atoms with van der Waals surface area (Å²) in [6.07, 6.45) is 0.675. The number of sulfone groups is 1. The molecule has 0 N–H and O–H groups in total. The van der Waals surface area contributed by atoms with E-state index in [1.807, 2.05) is 12.1 Å². The van der Waals surface area contributed by atoms with Gasteiger partial charge in [-0.15, -0.1) is 0 Å². The van der Waals surface area contributed by atoms with Gasteiger partial charge < -0.3 is 0 Å². The van der Waals surface area contributed by atoms with E-state index in [0.717, 1.165) is 9.13 Å². The SMILES string of the molecule is O=S1(=O)CCc2ccc(I)cc21. The van der Waals surface area contributed by atoms with E-state index in [1.54, 1.807) is 6.07 Å². The average Bonchev–Trinajstić information content (AvgIpc) is 2.28. The minimum Gasteiger partial charge on any atom is -0.224 e. The van der Waals surface area contributed by atoms with Crippen LogP contribution in [-0.2, 0) is 16.3 Å². The fourth-order valence-corrected chi connectivity index (χ4v) is 3.67. The highest BCUT2D eigenvalue weighted by Gasteiger charge is 2.25. The van der Waals surface area contributed by atoms with Gasteiger partial charge in [-0.1, -0.05) is 6.07 Å². The van der Waals surface area contributed by atoms with Gasteiger partial charge in [0.15, 0.2) is 9.84 Å². The molecule has 0 saturated carbocycles. The number of hydrogen-bond acceptors (Lipinski definition) is 2. The predicted molar refractivity (Wildman–Crippen MR) is 54.9 cm³/mol. The quantitative estimate of drug-likeness (QED) is 0.681. The topological polar surface area (TPSA) is 34.1 Å². The molecule has 0 saturated heterocycles. The lowest BCUT2D eigenvalue weighted by Crippen LogP contribution is -1.98. The van der Waals surface area contributed by atoms with Crippen molar-refractivity contribution in [3.05, 3.63) is 27.3 Å². The standard InChI is InChI=1S/C8H7IO2S/c9-7-2-1-6-3-4-12(10,11)8(6)5-7/h1-2,5H,3-4H2. The van der Waals surface area contributed by atoms with E-state index in [1.165, 1.54) is 0 Å². The summed E-state index contributed by atoms with van der Waals surface area (Å²) in [6, 6.07) is 5.60. The van der Waals surface area contributed by atoms with Gasteiger partial charge >= 0.3 is 0 Å². The van der Waals surface area contributed by atoms with E-state index in [9.17, 15) is 8.42 Å². The molecule has 64 valence electrons. The van der Waals surface area contributed by atoms with Gasteiger partial charge in [0.1, 0.15) is 0 Å². The highest BCUT2D eigenvalue weighted by Crippen LogP contribution is 2.26. The molecule has 2 rings (SSSR count). The molecule has 1 aliphatic heterocycles. The van der Waals surface area contributed by atoms with Crippen LogP contribution in [0.3, 0.4) is 0 Å². The maximum Gasteiger partial charge on any atom is 0.179 e. The molecule has 12 heavy (non-hydrogen) atoms. The van der Waals surface area contributed by atoms with Gasteiger partial charge in [-0.05, 0) is 46.7 Å². The molecular formula is C8H7IO2S. The third-order valence-corrected chi connectivity index (χ3v) is 4.47. The molecule has 0 bridgehead atoms. The van der Waals surface area contributed by atoms with Crippen molar-refractivity contribution in [3.63, 3.8) is 0 Å². The molecule has 0 aromatic heterocycles. The average molecular weight is 294 g/mol. The van der Waals surface area contributed by atoms with E-state index in [4.69, 9.17) is 0 Å². The lowest BCUT2D eigenvalue weighted by atomic mass is 10.2. The van der Waals surface area contributed by atoms with Crippen LogP contribution in [0.15, 0.2) is 23.1 Å².